The average Bonchev–Trinajstić information content (AvgIpc) is 3.68. The normalized spacial score (nSPS) is 11.6. The van der Waals surface area contributed by atoms with Gasteiger partial charge in [0, 0.05) is 33.8 Å². The zero-order valence-electron chi connectivity index (χ0n) is 33.3. The minimum absolute atomic E-state index is 0.951. The summed E-state index contributed by atoms with van der Waals surface area (Å²) in [6.07, 6.45) is 2.05. The van der Waals surface area contributed by atoms with Crippen LogP contribution in [-0.2, 0) is 0 Å². The Balaban J connectivity index is 0.906. The number of aromatic nitrogens is 2. The maximum atomic E-state index is 5.09. The van der Waals surface area contributed by atoms with Crippen LogP contribution in [0.15, 0.2) is 231 Å². The van der Waals surface area contributed by atoms with Crippen molar-refractivity contribution in [1.29, 1.82) is 0 Å². The van der Waals surface area contributed by atoms with Crippen LogP contribution < -0.4 is 0 Å². The third kappa shape index (κ3) is 5.84. The molecule has 0 aliphatic carbocycles. The molecule has 0 aliphatic heterocycles. The van der Waals surface area contributed by atoms with E-state index in [4.69, 9.17) is 4.98 Å². The van der Waals surface area contributed by atoms with Crippen molar-refractivity contribution in [1.82, 2.24) is 9.55 Å². The van der Waals surface area contributed by atoms with Gasteiger partial charge in [-0.05, 0) is 108 Å². The van der Waals surface area contributed by atoms with E-state index in [1.165, 1.54) is 93.1 Å². The third-order valence-corrected chi connectivity index (χ3v) is 12.4. The van der Waals surface area contributed by atoms with E-state index in [1.807, 2.05) is 6.20 Å². The van der Waals surface area contributed by atoms with Crippen LogP contribution in [0.3, 0.4) is 0 Å². The van der Waals surface area contributed by atoms with Gasteiger partial charge in [0.2, 0.25) is 0 Å². The molecule has 0 saturated heterocycles. The van der Waals surface area contributed by atoms with Crippen molar-refractivity contribution in [2.75, 3.05) is 0 Å². The largest absolute Gasteiger partial charge is 0.309 e. The fourth-order valence-electron chi connectivity index (χ4n) is 9.58. The van der Waals surface area contributed by atoms with Crippen LogP contribution in [0, 0.1) is 0 Å². The number of nitrogens with zero attached hydrogens (tertiary/aromatic N) is 2. The Labute approximate surface area is 354 Å². The van der Waals surface area contributed by atoms with Gasteiger partial charge in [-0.1, -0.05) is 188 Å². The van der Waals surface area contributed by atoms with E-state index in [-0.39, 0.29) is 0 Å². The lowest BCUT2D eigenvalue weighted by Crippen LogP contribution is -1.93. The molecule has 0 saturated carbocycles. The van der Waals surface area contributed by atoms with Crippen LogP contribution in [0.1, 0.15) is 0 Å². The first-order valence-corrected chi connectivity index (χ1v) is 20.9. The molecule has 2 heterocycles. The summed E-state index contributed by atoms with van der Waals surface area (Å²) in [6, 6.07) is 81.3. The van der Waals surface area contributed by atoms with Crippen molar-refractivity contribution >= 4 is 54.1 Å². The number of pyridine rings is 1. The molecule has 2 heteroatoms. The van der Waals surface area contributed by atoms with Crippen LogP contribution in [0.25, 0.3) is 116 Å². The van der Waals surface area contributed by atoms with Gasteiger partial charge in [-0.25, -0.2) is 0 Å². The molecule has 12 aromatic rings. The van der Waals surface area contributed by atoms with Crippen LogP contribution in [0.5, 0.6) is 0 Å². The Kier molecular flexibility index (Phi) is 8.21. The molecule has 284 valence electrons. The second kappa shape index (κ2) is 14.3. The number of rotatable bonds is 6. The van der Waals surface area contributed by atoms with Gasteiger partial charge in [-0.2, -0.15) is 0 Å². The number of hydrogen-bond acceptors (Lipinski definition) is 1. The monoisotopic (exact) mass is 774 g/mol. The summed E-state index contributed by atoms with van der Waals surface area (Å²) < 4.78 is 2.39. The van der Waals surface area contributed by atoms with E-state index in [1.54, 1.807) is 0 Å². The Bertz CT molecular complexity index is 3530. The predicted octanol–water partition coefficient (Wildman–Crippen LogP) is 16.0. The van der Waals surface area contributed by atoms with E-state index < -0.39 is 0 Å². The fraction of sp³-hybridized carbons (Fsp3) is 0. The van der Waals surface area contributed by atoms with Crippen LogP contribution in [0.4, 0.5) is 0 Å². The molecule has 0 radical (unpaired) electrons. The molecule has 0 aliphatic rings. The summed E-state index contributed by atoms with van der Waals surface area (Å²) in [5.41, 5.74) is 15.2. The first kappa shape index (κ1) is 34.9. The number of para-hydroxylation sites is 1. The SMILES string of the molecule is c1ccc(-c2ccc(-c3c4ccccc4c(-c4ccc(-c5ccc(-c6ccc7c(c6)c6c8ccccc8ccc6n7-c6ccccc6)cc5)nc4)c4ccccc34)cc2)cc1. The lowest BCUT2D eigenvalue weighted by atomic mass is 9.86. The van der Waals surface area contributed by atoms with E-state index >= 15 is 0 Å². The van der Waals surface area contributed by atoms with Gasteiger partial charge in [0.25, 0.3) is 0 Å². The van der Waals surface area contributed by atoms with Crippen LogP contribution in [-0.4, -0.2) is 9.55 Å². The van der Waals surface area contributed by atoms with E-state index in [0.717, 1.165) is 22.5 Å². The Morgan fingerprint density at radius 2 is 0.770 bits per heavy atom. The lowest BCUT2D eigenvalue weighted by Gasteiger charge is -2.18. The molecule has 0 fully saturated rings. The smallest absolute Gasteiger partial charge is 0.0702 e. The van der Waals surface area contributed by atoms with Crippen molar-refractivity contribution in [3.05, 3.63) is 231 Å². The first-order valence-electron chi connectivity index (χ1n) is 20.9. The van der Waals surface area contributed by atoms with Crippen molar-refractivity contribution < 1.29 is 0 Å². The summed E-state index contributed by atoms with van der Waals surface area (Å²) in [5, 5.41) is 9.97. The molecule has 0 spiro atoms. The highest BCUT2D eigenvalue weighted by Crippen LogP contribution is 2.44. The summed E-state index contributed by atoms with van der Waals surface area (Å²) in [6.45, 7) is 0. The zero-order chi connectivity index (χ0) is 40.3. The lowest BCUT2D eigenvalue weighted by molar-refractivity contribution is 1.18. The van der Waals surface area contributed by atoms with Gasteiger partial charge in [0.05, 0.1) is 16.7 Å². The van der Waals surface area contributed by atoms with E-state index in [9.17, 15) is 0 Å². The third-order valence-electron chi connectivity index (χ3n) is 12.4. The van der Waals surface area contributed by atoms with E-state index in [2.05, 4.69) is 229 Å². The summed E-state index contributed by atoms with van der Waals surface area (Å²) in [5.74, 6) is 0. The van der Waals surface area contributed by atoms with Crippen molar-refractivity contribution in [2.45, 2.75) is 0 Å². The zero-order valence-corrected chi connectivity index (χ0v) is 33.3. The molecule has 2 aromatic heterocycles. The van der Waals surface area contributed by atoms with Gasteiger partial charge >= 0.3 is 0 Å². The highest BCUT2D eigenvalue weighted by molar-refractivity contribution is 6.23. The van der Waals surface area contributed by atoms with Gasteiger partial charge in [-0.3, -0.25) is 4.98 Å². The number of benzene rings is 10. The summed E-state index contributed by atoms with van der Waals surface area (Å²) >= 11 is 0. The minimum atomic E-state index is 0.951. The molecular weight excluding hydrogens is 737 g/mol. The second-order valence-corrected chi connectivity index (χ2v) is 15.9. The van der Waals surface area contributed by atoms with Crippen molar-refractivity contribution in [3.8, 4) is 61.5 Å². The maximum Gasteiger partial charge on any atom is 0.0702 e. The molecule has 0 unspecified atom stereocenters. The van der Waals surface area contributed by atoms with Crippen molar-refractivity contribution in [3.63, 3.8) is 0 Å². The summed E-state index contributed by atoms with van der Waals surface area (Å²) in [7, 11) is 0. The minimum Gasteiger partial charge on any atom is -0.309 e. The molecule has 0 N–H and O–H groups in total. The molecule has 10 aromatic carbocycles. The second-order valence-electron chi connectivity index (χ2n) is 15.9. The maximum absolute atomic E-state index is 5.09. The molecule has 61 heavy (non-hydrogen) atoms. The Morgan fingerprint density at radius 1 is 0.295 bits per heavy atom. The number of fused-ring (bicyclic) bond motifs is 7. The highest BCUT2D eigenvalue weighted by atomic mass is 15.0. The first-order chi connectivity index (χ1) is 30.3. The molecule has 12 rings (SSSR count). The highest BCUT2D eigenvalue weighted by Gasteiger charge is 2.18. The average molecular weight is 775 g/mol. The van der Waals surface area contributed by atoms with Gasteiger partial charge < -0.3 is 4.57 Å². The number of hydrogen-bond donors (Lipinski definition) is 0. The van der Waals surface area contributed by atoms with Gasteiger partial charge in [0.15, 0.2) is 0 Å². The molecular formula is C59H38N2. The topological polar surface area (TPSA) is 17.8 Å². The molecule has 0 atom stereocenters. The van der Waals surface area contributed by atoms with Gasteiger partial charge in [-0.15, -0.1) is 0 Å². The van der Waals surface area contributed by atoms with Crippen molar-refractivity contribution in [2.24, 2.45) is 0 Å². The standard InChI is InChI=1S/C59H38N2/c1-3-13-39(14-4-1)40-25-29-44(30-26-40)57-49-19-9-11-21-51(49)58(52-22-12-10-20-50(52)57)46-31-34-54(60-38-46)43-27-23-41(24-28-43)45-33-35-55-53(37-45)59-48-18-8-7-15-42(48)32-36-56(59)61(55)47-16-5-2-6-17-47/h1-38H. The molecule has 0 bridgehead atoms. The summed E-state index contributed by atoms with van der Waals surface area (Å²) in [4.78, 5) is 5.09. The molecule has 2 nitrogen and oxygen atoms in total. The van der Waals surface area contributed by atoms with Crippen LogP contribution >= 0.6 is 0 Å². The quantitative estimate of drug-likeness (QED) is 0.154. The van der Waals surface area contributed by atoms with Crippen LogP contribution in [0.2, 0.25) is 0 Å². The van der Waals surface area contributed by atoms with E-state index in [0.29, 0.717) is 0 Å². The fourth-order valence-corrected chi connectivity index (χ4v) is 9.58. The molecule has 0 amide bonds. The van der Waals surface area contributed by atoms with Gasteiger partial charge in [0.1, 0.15) is 0 Å². The Morgan fingerprint density at radius 3 is 1.41 bits per heavy atom. The Hall–Kier alpha value is -8.07. The predicted molar refractivity (Wildman–Crippen MR) is 258 cm³/mol.